The van der Waals surface area contributed by atoms with Crippen molar-refractivity contribution >= 4 is 17.4 Å². The smallest absolute Gasteiger partial charge is 0.274 e. The molecule has 0 unspecified atom stereocenters. The number of hydrogen-bond donors (Lipinski definition) is 1. The van der Waals surface area contributed by atoms with Crippen molar-refractivity contribution in [2.75, 3.05) is 11.4 Å². The lowest BCUT2D eigenvalue weighted by atomic mass is 10.1. The third-order valence-electron chi connectivity index (χ3n) is 5.28. The number of anilines is 1. The van der Waals surface area contributed by atoms with Crippen molar-refractivity contribution < 1.29 is 4.79 Å². The number of hydrogen-bond acceptors (Lipinski definition) is 5. The van der Waals surface area contributed by atoms with E-state index in [4.69, 9.17) is 0 Å². The average molecular weight is 391 g/mol. The molecule has 0 spiro atoms. The molecule has 1 fully saturated rings. The molecule has 0 saturated carbocycles. The lowest BCUT2D eigenvalue weighted by Crippen LogP contribution is -2.43. The average Bonchev–Trinajstić information content (AvgIpc) is 3.22. The molecule has 1 aliphatic heterocycles. The third kappa shape index (κ3) is 3.99. The maximum Gasteiger partial charge on any atom is 0.274 e. The van der Waals surface area contributed by atoms with Crippen LogP contribution in [0.2, 0.25) is 0 Å². The monoisotopic (exact) mass is 391 g/mol. The van der Waals surface area contributed by atoms with Gasteiger partial charge in [0.2, 0.25) is 5.91 Å². The Morgan fingerprint density at radius 2 is 2.00 bits per heavy atom. The molecule has 7 nitrogen and oxygen atoms in total. The number of aromatic nitrogens is 3. The fourth-order valence-corrected chi connectivity index (χ4v) is 3.67. The second-order valence-corrected chi connectivity index (χ2v) is 7.69. The number of rotatable bonds is 5. The van der Waals surface area contributed by atoms with E-state index < -0.39 is 0 Å². The highest BCUT2D eigenvalue weighted by Crippen LogP contribution is 2.24. The number of nitrogens with zero attached hydrogens (tertiary/aromatic N) is 4. The molecule has 4 rings (SSSR count). The van der Waals surface area contributed by atoms with Crippen LogP contribution >= 0.6 is 0 Å². The van der Waals surface area contributed by atoms with Gasteiger partial charge in [0.05, 0.1) is 5.69 Å². The molecule has 1 N–H and O–H groups in total. The molecule has 1 aromatic carbocycles. The van der Waals surface area contributed by atoms with Crippen LogP contribution in [-0.4, -0.2) is 33.1 Å². The van der Waals surface area contributed by atoms with E-state index in [0.717, 1.165) is 30.6 Å². The molecule has 0 aliphatic carbocycles. The van der Waals surface area contributed by atoms with Gasteiger partial charge >= 0.3 is 0 Å². The Morgan fingerprint density at radius 3 is 2.76 bits per heavy atom. The van der Waals surface area contributed by atoms with Crippen LogP contribution in [0.1, 0.15) is 43.9 Å². The van der Waals surface area contributed by atoms with Crippen molar-refractivity contribution in [2.24, 2.45) is 0 Å². The summed E-state index contributed by atoms with van der Waals surface area (Å²) in [4.78, 5) is 31.8. The molecule has 29 heavy (non-hydrogen) atoms. The molecule has 7 heteroatoms. The minimum Gasteiger partial charge on any atom is -0.350 e. The van der Waals surface area contributed by atoms with Gasteiger partial charge in [-0.2, -0.15) is 4.52 Å². The number of amides is 1. The Bertz CT molecular complexity index is 1080. The lowest BCUT2D eigenvalue weighted by Gasteiger charge is -2.25. The largest absolute Gasteiger partial charge is 0.350 e. The SMILES string of the molecule is CC(C)c1cc(=O)n2nc(N3CCC[C@@H]3C(=O)NCc3ccccc3)ccc2n1. The van der Waals surface area contributed by atoms with Crippen LogP contribution in [0.25, 0.3) is 5.65 Å². The van der Waals surface area contributed by atoms with Crippen LogP contribution < -0.4 is 15.8 Å². The number of carbonyl (C=O) groups is 1. The molecule has 1 saturated heterocycles. The summed E-state index contributed by atoms with van der Waals surface area (Å²) in [5, 5.41) is 7.52. The highest BCUT2D eigenvalue weighted by Gasteiger charge is 2.31. The molecule has 0 bridgehead atoms. The third-order valence-corrected chi connectivity index (χ3v) is 5.28. The first-order valence-corrected chi connectivity index (χ1v) is 10.0. The number of benzene rings is 1. The molecule has 1 amide bonds. The highest BCUT2D eigenvalue weighted by atomic mass is 16.2. The van der Waals surface area contributed by atoms with Crippen LogP contribution in [0.4, 0.5) is 5.82 Å². The van der Waals surface area contributed by atoms with E-state index in [0.29, 0.717) is 18.0 Å². The lowest BCUT2D eigenvalue weighted by molar-refractivity contribution is -0.122. The van der Waals surface area contributed by atoms with E-state index in [1.807, 2.05) is 55.1 Å². The normalized spacial score (nSPS) is 16.5. The summed E-state index contributed by atoms with van der Waals surface area (Å²) in [5.74, 6) is 0.772. The number of carbonyl (C=O) groups excluding carboxylic acids is 1. The van der Waals surface area contributed by atoms with Gasteiger partial charge in [-0.3, -0.25) is 9.59 Å². The zero-order valence-corrected chi connectivity index (χ0v) is 16.7. The first kappa shape index (κ1) is 19.1. The van der Waals surface area contributed by atoms with E-state index in [-0.39, 0.29) is 23.4 Å². The molecule has 1 atom stereocenters. The molecule has 150 valence electrons. The summed E-state index contributed by atoms with van der Waals surface area (Å²) in [6.45, 7) is 5.23. The van der Waals surface area contributed by atoms with Gasteiger partial charge in [0.1, 0.15) is 11.9 Å². The molecular weight excluding hydrogens is 366 g/mol. The fraction of sp³-hybridized carbons (Fsp3) is 0.364. The van der Waals surface area contributed by atoms with Gasteiger partial charge in [-0.05, 0) is 36.5 Å². The van der Waals surface area contributed by atoms with E-state index >= 15 is 0 Å². The summed E-state index contributed by atoms with van der Waals surface area (Å²) in [6, 6.07) is 14.7. The van der Waals surface area contributed by atoms with Gasteiger partial charge in [0.25, 0.3) is 5.56 Å². The van der Waals surface area contributed by atoms with Crippen molar-refractivity contribution in [3.63, 3.8) is 0 Å². The van der Waals surface area contributed by atoms with Gasteiger partial charge in [0, 0.05) is 19.2 Å². The number of fused-ring (bicyclic) bond motifs is 1. The van der Waals surface area contributed by atoms with Crippen LogP contribution in [0.5, 0.6) is 0 Å². The quantitative estimate of drug-likeness (QED) is 0.723. The second-order valence-electron chi connectivity index (χ2n) is 7.69. The van der Waals surface area contributed by atoms with Crippen molar-refractivity contribution in [3.8, 4) is 0 Å². The fourth-order valence-electron chi connectivity index (χ4n) is 3.67. The Labute approximate surface area is 169 Å². The summed E-state index contributed by atoms with van der Waals surface area (Å²) in [5.41, 5.74) is 2.13. The maximum atomic E-state index is 12.8. The maximum absolute atomic E-state index is 12.8. The van der Waals surface area contributed by atoms with E-state index in [2.05, 4.69) is 15.4 Å². The van der Waals surface area contributed by atoms with E-state index in [1.54, 1.807) is 6.07 Å². The molecule has 3 aromatic rings. The Hall–Kier alpha value is -3.22. The van der Waals surface area contributed by atoms with Crippen molar-refractivity contribution in [1.82, 2.24) is 19.9 Å². The predicted octanol–water partition coefficient (Wildman–Crippen LogP) is 2.50. The molecule has 3 heterocycles. The topological polar surface area (TPSA) is 79.6 Å². The van der Waals surface area contributed by atoms with Crippen LogP contribution in [0.15, 0.2) is 53.3 Å². The second kappa shape index (κ2) is 8.03. The Kier molecular flexibility index (Phi) is 5.29. The van der Waals surface area contributed by atoms with Crippen molar-refractivity contribution in [1.29, 1.82) is 0 Å². The first-order valence-electron chi connectivity index (χ1n) is 10.0. The van der Waals surface area contributed by atoms with Gasteiger partial charge in [-0.15, -0.1) is 5.10 Å². The van der Waals surface area contributed by atoms with Crippen LogP contribution in [0, 0.1) is 0 Å². The molecular formula is C22H25N5O2. The minimum absolute atomic E-state index is 0.0196. The zero-order chi connectivity index (χ0) is 20.4. The summed E-state index contributed by atoms with van der Waals surface area (Å²) in [6.07, 6.45) is 1.67. The van der Waals surface area contributed by atoms with Gasteiger partial charge in [-0.25, -0.2) is 4.98 Å². The van der Waals surface area contributed by atoms with Crippen molar-refractivity contribution in [2.45, 2.75) is 45.2 Å². The van der Waals surface area contributed by atoms with Gasteiger partial charge < -0.3 is 10.2 Å². The minimum atomic E-state index is -0.290. The van der Waals surface area contributed by atoms with Crippen LogP contribution in [-0.2, 0) is 11.3 Å². The highest BCUT2D eigenvalue weighted by molar-refractivity contribution is 5.85. The molecule has 1 aliphatic rings. The standard InChI is InChI=1S/C22H25N5O2/c1-15(2)17-13-21(28)27-19(24-17)10-11-20(25-27)26-12-6-9-18(26)22(29)23-14-16-7-4-3-5-8-16/h3-5,7-8,10-11,13,15,18H,6,9,12,14H2,1-2H3,(H,23,29)/t18-/m1/s1. The summed E-state index contributed by atoms with van der Waals surface area (Å²) < 4.78 is 1.32. The summed E-state index contributed by atoms with van der Waals surface area (Å²) in [7, 11) is 0. The Balaban J connectivity index is 1.55. The molecule has 0 radical (unpaired) electrons. The van der Waals surface area contributed by atoms with E-state index in [1.165, 1.54) is 10.6 Å². The molecule has 2 aromatic heterocycles. The van der Waals surface area contributed by atoms with E-state index in [9.17, 15) is 9.59 Å². The van der Waals surface area contributed by atoms with Gasteiger partial charge in [-0.1, -0.05) is 44.2 Å². The van der Waals surface area contributed by atoms with Gasteiger partial charge in [0.15, 0.2) is 5.65 Å². The van der Waals surface area contributed by atoms with Crippen molar-refractivity contribution in [3.05, 3.63) is 70.1 Å². The van der Waals surface area contributed by atoms with Crippen LogP contribution in [0.3, 0.4) is 0 Å². The zero-order valence-electron chi connectivity index (χ0n) is 16.7. The first-order chi connectivity index (χ1) is 14.0. The number of nitrogens with one attached hydrogen (secondary N) is 1. The predicted molar refractivity (Wildman–Crippen MR) is 112 cm³/mol. The summed E-state index contributed by atoms with van der Waals surface area (Å²) >= 11 is 0. The Morgan fingerprint density at radius 1 is 1.21 bits per heavy atom.